The van der Waals surface area contributed by atoms with Gasteiger partial charge in [-0.3, -0.25) is 4.98 Å². The van der Waals surface area contributed by atoms with Crippen molar-refractivity contribution in [1.29, 1.82) is 0 Å². The number of benzene rings is 2. The Bertz CT molecular complexity index is 697. The summed E-state index contributed by atoms with van der Waals surface area (Å²) in [5, 5.41) is 1.11. The van der Waals surface area contributed by atoms with Gasteiger partial charge in [0.15, 0.2) is 0 Å². The molecule has 0 amide bonds. The number of nitrogens with two attached hydrogens (primary N) is 1. The lowest BCUT2D eigenvalue weighted by molar-refractivity contribution is 0.608. The molecule has 0 radical (unpaired) electrons. The Hall–Kier alpha value is -2.19. The van der Waals surface area contributed by atoms with Gasteiger partial charge in [0.25, 0.3) is 0 Å². The van der Waals surface area contributed by atoms with E-state index in [4.69, 9.17) is 5.73 Å². The molecule has 0 spiro atoms. The number of aromatic nitrogens is 1. The van der Waals surface area contributed by atoms with Crippen molar-refractivity contribution in [2.75, 3.05) is 0 Å². The SMILES string of the molecule is CC(N)(c1ccccc1)c1cccc2ncccc12. The van der Waals surface area contributed by atoms with E-state index in [0.29, 0.717) is 0 Å². The first-order valence-corrected chi connectivity index (χ1v) is 6.38. The zero-order valence-corrected chi connectivity index (χ0v) is 10.9. The van der Waals surface area contributed by atoms with E-state index in [2.05, 4.69) is 29.2 Å². The van der Waals surface area contributed by atoms with E-state index in [1.54, 1.807) is 0 Å². The summed E-state index contributed by atoms with van der Waals surface area (Å²) >= 11 is 0. The smallest absolute Gasteiger partial charge is 0.0705 e. The fraction of sp³-hybridized carbons (Fsp3) is 0.118. The Morgan fingerprint density at radius 1 is 0.895 bits per heavy atom. The average Bonchev–Trinajstić information content (AvgIpc) is 2.47. The highest BCUT2D eigenvalue weighted by atomic mass is 14.7. The van der Waals surface area contributed by atoms with Gasteiger partial charge in [0.1, 0.15) is 0 Å². The van der Waals surface area contributed by atoms with E-state index in [9.17, 15) is 0 Å². The van der Waals surface area contributed by atoms with E-state index >= 15 is 0 Å². The molecule has 0 aliphatic heterocycles. The van der Waals surface area contributed by atoms with Crippen molar-refractivity contribution in [3.63, 3.8) is 0 Å². The fourth-order valence-electron chi connectivity index (χ4n) is 2.50. The largest absolute Gasteiger partial charge is 0.318 e. The minimum Gasteiger partial charge on any atom is -0.318 e. The molecule has 0 fully saturated rings. The van der Waals surface area contributed by atoms with E-state index in [1.165, 1.54) is 0 Å². The number of fused-ring (bicyclic) bond motifs is 1. The maximum Gasteiger partial charge on any atom is 0.0705 e. The molecule has 3 aromatic rings. The third-order valence-electron chi connectivity index (χ3n) is 3.58. The van der Waals surface area contributed by atoms with Crippen LogP contribution < -0.4 is 5.73 Å². The zero-order valence-electron chi connectivity index (χ0n) is 10.9. The molecule has 1 heterocycles. The van der Waals surface area contributed by atoms with Crippen molar-refractivity contribution in [2.24, 2.45) is 5.73 Å². The Balaban J connectivity index is 2.24. The molecule has 94 valence electrons. The summed E-state index contributed by atoms with van der Waals surface area (Å²) < 4.78 is 0. The topological polar surface area (TPSA) is 38.9 Å². The fourth-order valence-corrected chi connectivity index (χ4v) is 2.50. The highest BCUT2D eigenvalue weighted by molar-refractivity contribution is 5.83. The van der Waals surface area contributed by atoms with Crippen LogP contribution in [0.3, 0.4) is 0 Å². The van der Waals surface area contributed by atoms with Crippen molar-refractivity contribution in [1.82, 2.24) is 4.98 Å². The molecule has 0 saturated heterocycles. The van der Waals surface area contributed by atoms with E-state index in [1.807, 2.05) is 49.5 Å². The van der Waals surface area contributed by atoms with Crippen molar-refractivity contribution in [3.05, 3.63) is 78.0 Å². The van der Waals surface area contributed by atoms with Crippen LogP contribution in [-0.2, 0) is 5.54 Å². The minimum absolute atomic E-state index is 0.524. The molecule has 3 rings (SSSR count). The van der Waals surface area contributed by atoms with Gasteiger partial charge in [-0.15, -0.1) is 0 Å². The number of pyridine rings is 1. The van der Waals surface area contributed by atoms with Crippen LogP contribution in [0.4, 0.5) is 0 Å². The number of hydrogen-bond acceptors (Lipinski definition) is 2. The van der Waals surface area contributed by atoms with Crippen LogP contribution in [0.1, 0.15) is 18.1 Å². The zero-order chi connectivity index (χ0) is 13.3. The van der Waals surface area contributed by atoms with E-state index in [-0.39, 0.29) is 0 Å². The summed E-state index contributed by atoms with van der Waals surface area (Å²) in [6, 6.07) is 20.3. The van der Waals surface area contributed by atoms with Crippen LogP contribution in [0, 0.1) is 0 Å². The van der Waals surface area contributed by atoms with Gasteiger partial charge in [-0.1, -0.05) is 48.5 Å². The number of hydrogen-bond donors (Lipinski definition) is 1. The highest BCUT2D eigenvalue weighted by Gasteiger charge is 2.25. The average molecular weight is 248 g/mol. The number of nitrogens with zero attached hydrogens (tertiary/aromatic N) is 1. The van der Waals surface area contributed by atoms with Gasteiger partial charge in [0.05, 0.1) is 11.1 Å². The van der Waals surface area contributed by atoms with Crippen LogP contribution >= 0.6 is 0 Å². The quantitative estimate of drug-likeness (QED) is 0.754. The second-order valence-electron chi connectivity index (χ2n) is 4.94. The number of rotatable bonds is 2. The predicted octanol–water partition coefficient (Wildman–Crippen LogP) is 3.46. The van der Waals surface area contributed by atoms with Crippen LogP contribution in [0.5, 0.6) is 0 Å². The Labute approximate surface area is 112 Å². The predicted molar refractivity (Wildman–Crippen MR) is 78.8 cm³/mol. The van der Waals surface area contributed by atoms with Crippen LogP contribution in [0.2, 0.25) is 0 Å². The van der Waals surface area contributed by atoms with Gasteiger partial charge in [-0.2, -0.15) is 0 Å². The molecule has 0 aliphatic carbocycles. The van der Waals surface area contributed by atoms with E-state index in [0.717, 1.165) is 22.0 Å². The molecular weight excluding hydrogens is 232 g/mol. The maximum atomic E-state index is 6.60. The Kier molecular flexibility index (Phi) is 2.80. The molecule has 0 saturated carbocycles. The molecule has 1 unspecified atom stereocenters. The third kappa shape index (κ3) is 2.00. The molecule has 2 N–H and O–H groups in total. The molecule has 2 heteroatoms. The lowest BCUT2D eigenvalue weighted by Crippen LogP contribution is -2.34. The lowest BCUT2D eigenvalue weighted by atomic mass is 9.83. The highest BCUT2D eigenvalue weighted by Crippen LogP contribution is 2.31. The lowest BCUT2D eigenvalue weighted by Gasteiger charge is -2.27. The van der Waals surface area contributed by atoms with Gasteiger partial charge < -0.3 is 5.73 Å². The van der Waals surface area contributed by atoms with Gasteiger partial charge >= 0.3 is 0 Å². The van der Waals surface area contributed by atoms with Gasteiger partial charge in [-0.25, -0.2) is 0 Å². The second kappa shape index (κ2) is 4.48. The van der Waals surface area contributed by atoms with Crippen molar-refractivity contribution < 1.29 is 0 Å². The first-order valence-electron chi connectivity index (χ1n) is 6.38. The monoisotopic (exact) mass is 248 g/mol. The molecule has 1 atom stereocenters. The standard InChI is InChI=1S/C17H16N2/c1-17(18,13-7-3-2-4-8-13)15-10-5-11-16-14(15)9-6-12-19-16/h2-12H,18H2,1H3. The Morgan fingerprint density at radius 2 is 1.68 bits per heavy atom. The summed E-state index contributed by atoms with van der Waals surface area (Å²) in [5.74, 6) is 0. The van der Waals surface area contributed by atoms with Crippen molar-refractivity contribution >= 4 is 10.9 Å². The van der Waals surface area contributed by atoms with E-state index < -0.39 is 5.54 Å². The van der Waals surface area contributed by atoms with Gasteiger partial charge in [-0.05, 0) is 30.2 Å². The molecule has 2 aromatic carbocycles. The molecule has 1 aromatic heterocycles. The van der Waals surface area contributed by atoms with Crippen LogP contribution in [0.25, 0.3) is 10.9 Å². The summed E-state index contributed by atoms with van der Waals surface area (Å²) in [4.78, 5) is 4.39. The summed E-state index contributed by atoms with van der Waals surface area (Å²) in [7, 11) is 0. The van der Waals surface area contributed by atoms with Crippen molar-refractivity contribution in [3.8, 4) is 0 Å². The third-order valence-corrected chi connectivity index (χ3v) is 3.58. The van der Waals surface area contributed by atoms with Crippen LogP contribution in [-0.4, -0.2) is 4.98 Å². The van der Waals surface area contributed by atoms with Crippen LogP contribution in [0.15, 0.2) is 66.9 Å². The normalized spacial score (nSPS) is 14.2. The molecule has 19 heavy (non-hydrogen) atoms. The molecule has 2 nitrogen and oxygen atoms in total. The molecule has 0 aliphatic rings. The maximum absolute atomic E-state index is 6.60. The summed E-state index contributed by atoms with van der Waals surface area (Å²) in [5.41, 5.74) is 9.26. The van der Waals surface area contributed by atoms with Gasteiger partial charge in [0.2, 0.25) is 0 Å². The summed E-state index contributed by atoms with van der Waals surface area (Å²) in [6.07, 6.45) is 1.81. The first-order chi connectivity index (χ1) is 9.19. The minimum atomic E-state index is -0.524. The summed E-state index contributed by atoms with van der Waals surface area (Å²) in [6.45, 7) is 2.05. The first kappa shape index (κ1) is 11.9. The van der Waals surface area contributed by atoms with Gasteiger partial charge in [0, 0.05) is 11.6 Å². The molecule has 0 bridgehead atoms. The Morgan fingerprint density at radius 3 is 2.47 bits per heavy atom. The molecular formula is C17H16N2. The second-order valence-corrected chi connectivity index (χ2v) is 4.94. The van der Waals surface area contributed by atoms with Crippen molar-refractivity contribution in [2.45, 2.75) is 12.5 Å².